The normalized spacial score (nSPS) is 44.8. The van der Waals surface area contributed by atoms with Crippen LogP contribution < -0.4 is 0 Å². The average Bonchev–Trinajstić information content (AvgIpc) is 3.18. The summed E-state index contributed by atoms with van der Waals surface area (Å²) in [4.78, 5) is 11.7. The maximum atomic E-state index is 11.7. The van der Waals surface area contributed by atoms with Crippen molar-refractivity contribution in [3.63, 3.8) is 0 Å². The first-order valence-electron chi connectivity index (χ1n) is 12.4. The Balaban J connectivity index is 1.67. The number of esters is 1. The molecule has 4 aliphatic carbocycles. The minimum atomic E-state index is -0.295. The molecule has 0 aliphatic heterocycles. The van der Waals surface area contributed by atoms with Gasteiger partial charge in [-0.1, -0.05) is 36.2 Å². The average molecular weight is 462 g/mol. The molecule has 0 saturated heterocycles. The van der Waals surface area contributed by atoms with Gasteiger partial charge < -0.3 is 20.4 Å². The van der Waals surface area contributed by atoms with Crippen LogP contribution in [0, 0.1) is 46.3 Å². The van der Waals surface area contributed by atoms with Crippen LogP contribution in [0.4, 0.5) is 0 Å². The van der Waals surface area contributed by atoms with Crippen molar-refractivity contribution < 1.29 is 25.2 Å². The van der Waals surface area contributed by atoms with E-state index in [-0.39, 0.29) is 46.4 Å². The number of oxime groups is 3. The van der Waals surface area contributed by atoms with E-state index in [2.05, 4.69) is 36.2 Å². The zero-order valence-corrected chi connectivity index (χ0v) is 20.3. The fraction of sp³-hybridized carbons (Fsp3) is 0.840. The van der Waals surface area contributed by atoms with E-state index in [1.807, 2.05) is 0 Å². The van der Waals surface area contributed by atoms with Gasteiger partial charge in [-0.2, -0.15) is 0 Å². The number of carbonyl (C=O) groups is 1. The second kappa shape index (κ2) is 8.91. The summed E-state index contributed by atoms with van der Waals surface area (Å²) in [5, 5.41) is 40.9. The van der Waals surface area contributed by atoms with E-state index in [1.54, 1.807) is 0 Å². The minimum Gasteiger partial charge on any atom is -0.469 e. The van der Waals surface area contributed by atoms with Crippen molar-refractivity contribution in [2.75, 3.05) is 7.11 Å². The van der Waals surface area contributed by atoms with Crippen LogP contribution in [0.3, 0.4) is 0 Å². The summed E-state index contributed by atoms with van der Waals surface area (Å²) in [6, 6.07) is 0. The lowest BCUT2D eigenvalue weighted by molar-refractivity contribution is -0.141. The van der Waals surface area contributed by atoms with Gasteiger partial charge in [0.25, 0.3) is 0 Å². The van der Waals surface area contributed by atoms with E-state index < -0.39 is 0 Å². The van der Waals surface area contributed by atoms with Crippen LogP contribution >= 0.6 is 0 Å². The summed E-state index contributed by atoms with van der Waals surface area (Å²) in [5.41, 5.74) is 2.26. The lowest BCUT2D eigenvalue weighted by Gasteiger charge is -2.60. The van der Waals surface area contributed by atoms with Crippen LogP contribution in [-0.2, 0) is 9.53 Å². The Morgan fingerprint density at radius 2 is 1.85 bits per heavy atom. The number of methoxy groups -OCH3 is 1. The summed E-state index contributed by atoms with van der Waals surface area (Å²) < 4.78 is 4.84. The van der Waals surface area contributed by atoms with Gasteiger partial charge >= 0.3 is 5.97 Å². The number of fused-ring (bicyclic) bond motifs is 5. The molecule has 0 spiro atoms. The van der Waals surface area contributed by atoms with Gasteiger partial charge in [-0.25, -0.2) is 0 Å². The first-order chi connectivity index (χ1) is 15.7. The molecule has 0 aromatic heterocycles. The van der Waals surface area contributed by atoms with Gasteiger partial charge in [0.2, 0.25) is 0 Å². The third kappa shape index (κ3) is 3.64. The molecule has 3 N–H and O–H groups in total. The van der Waals surface area contributed by atoms with Crippen LogP contribution in [0.25, 0.3) is 0 Å². The molecule has 0 radical (unpaired) electrons. The molecule has 0 aromatic rings. The molecular formula is C25H39N3O5. The third-order valence-electron chi connectivity index (χ3n) is 10.4. The number of hydrogen-bond acceptors (Lipinski definition) is 8. The number of nitrogens with zero attached hydrogens (tertiary/aromatic N) is 3. The van der Waals surface area contributed by atoms with Crippen molar-refractivity contribution >= 4 is 23.1 Å². The molecule has 4 saturated carbocycles. The molecule has 0 heterocycles. The summed E-state index contributed by atoms with van der Waals surface area (Å²) >= 11 is 0. The van der Waals surface area contributed by atoms with E-state index >= 15 is 0 Å². The van der Waals surface area contributed by atoms with Crippen LogP contribution in [-0.4, -0.2) is 45.8 Å². The molecule has 4 fully saturated rings. The Bertz CT molecular complexity index is 870. The Hall–Kier alpha value is -2.12. The highest BCUT2D eigenvalue weighted by molar-refractivity contribution is 5.97. The van der Waals surface area contributed by atoms with Crippen LogP contribution in [0.1, 0.15) is 78.6 Å². The molecule has 184 valence electrons. The first kappa shape index (κ1) is 24.0. The summed E-state index contributed by atoms with van der Waals surface area (Å²) in [6.45, 7) is 6.76. The molecule has 8 heteroatoms. The Labute approximate surface area is 196 Å². The van der Waals surface area contributed by atoms with Gasteiger partial charge in [0, 0.05) is 17.8 Å². The van der Waals surface area contributed by atoms with Crippen molar-refractivity contribution in [2.24, 2.45) is 61.8 Å². The molecule has 8 atom stereocenters. The first-order valence-corrected chi connectivity index (χ1v) is 12.4. The molecule has 8 nitrogen and oxygen atoms in total. The van der Waals surface area contributed by atoms with Crippen molar-refractivity contribution in [3.05, 3.63) is 0 Å². The third-order valence-corrected chi connectivity index (χ3v) is 10.4. The van der Waals surface area contributed by atoms with Gasteiger partial charge in [0.15, 0.2) is 0 Å². The van der Waals surface area contributed by atoms with Gasteiger partial charge in [0.1, 0.15) is 0 Å². The fourth-order valence-corrected chi connectivity index (χ4v) is 8.45. The van der Waals surface area contributed by atoms with Crippen LogP contribution in [0.5, 0.6) is 0 Å². The lowest BCUT2D eigenvalue weighted by Crippen LogP contribution is -2.60. The highest BCUT2D eigenvalue weighted by atomic mass is 16.5. The predicted octanol–water partition coefficient (Wildman–Crippen LogP) is 4.95. The van der Waals surface area contributed by atoms with Crippen molar-refractivity contribution in [2.45, 2.75) is 78.6 Å². The molecule has 0 amide bonds. The summed E-state index contributed by atoms with van der Waals surface area (Å²) in [5.74, 6) is 1.27. The molecule has 4 aliphatic rings. The monoisotopic (exact) mass is 461 g/mol. The molecule has 3 unspecified atom stereocenters. The predicted molar refractivity (Wildman–Crippen MR) is 124 cm³/mol. The Kier molecular flexibility index (Phi) is 6.49. The largest absolute Gasteiger partial charge is 0.469 e. The zero-order valence-electron chi connectivity index (χ0n) is 20.3. The van der Waals surface area contributed by atoms with Gasteiger partial charge in [-0.15, -0.1) is 0 Å². The quantitative estimate of drug-likeness (QED) is 0.311. The summed E-state index contributed by atoms with van der Waals surface area (Å²) in [6.07, 6.45) is 6.97. The lowest BCUT2D eigenvalue weighted by atomic mass is 9.43. The van der Waals surface area contributed by atoms with Gasteiger partial charge in [0.05, 0.1) is 24.2 Å². The number of hydrogen-bond donors (Lipinski definition) is 3. The second-order valence-corrected chi connectivity index (χ2v) is 11.4. The van der Waals surface area contributed by atoms with Crippen molar-refractivity contribution in [1.82, 2.24) is 0 Å². The van der Waals surface area contributed by atoms with E-state index in [4.69, 9.17) is 4.74 Å². The smallest absolute Gasteiger partial charge is 0.305 e. The van der Waals surface area contributed by atoms with Gasteiger partial charge in [-0.05, 0) is 86.4 Å². The highest BCUT2D eigenvalue weighted by Gasteiger charge is 2.65. The minimum absolute atomic E-state index is 0.0128. The van der Waals surface area contributed by atoms with E-state index in [0.29, 0.717) is 25.2 Å². The molecular weight excluding hydrogens is 422 g/mol. The van der Waals surface area contributed by atoms with Crippen LogP contribution in [0.2, 0.25) is 0 Å². The standard InChI is InChI=1S/C25H39N3O5/c1-14(5-8-22(29)33-4)17-6-7-18-23-19(13-21(28-32)25(17,18)3)24(2)10-9-16(26-30)11-15(24)12-20(23)27-31/h14-15,17-19,23,30-32H,5-13H2,1-4H3/b26-16-,27-20+,28-21+/t14-,15?,17?,18+,19+,23?,24+,25-/m1/s1. The number of carbonyl (C=O) groups excluding carboxylic acids is 1. The van der Waals surface area contributed by atoms with E-state index in [0.717, 1.165) is 55.7 Å². The maximum Gasteiger partial charge on any atom is 0.305 e. The van der Waals surface area contributed by atoms with Crippen molar-refractivity contribution in [3.8, 4) is 0 Å². The fourth-order valence-electron chi connectivity index (χ4n) is 8.45. The zero-order chi connectivity index (χ0) is 24.0. The topological polar surface area (TPSA) is 124 Å². The highest BCUT2D eigenvalue weighted by Crippen LogP contribution is 2.66. The second-order valence-electron chi connectivity index (χ2n) is 11.4. The van der Waals surface area contributed by atoms with Gasteiger partial charge in [-0.3, -0.25) is 4.79 Å². The molecule has 33 heavy (non-hydrogen) atoms. The molecule has 0 bridgehead atoms. The number of rotatable bonds is 4. The summed E-state index contributed by atoms with van der Waals surface area (Å²) in [7, 11) is 1.42. The van der Waals surface area contributed by atoms with E-state index in [9.17, 15) is 20.4 Å². The molecule has 4 rings (SSSR count). The molecule has 0 aromatic carbocycles. The van der Waals surface area contributed by atoms with E-state index in [1.165, 1.54) is 7.11 Å². The maximum absolute atomic E-state index is 11.7. The Morgan fingerprint density at radius 1 is 1.09 bits per heavy atom. The van der Waals surface area contributed by atoms with Crippen LogP contribution in [0.15, 0.2) is 15.5 Å². The SMILES string of the molecule is COC(=O)CC[C@@H](C)C1CC[C@H]2C3/C(=N/O)CC4C/C(=N\O)CC[C@]4(C)[C@H]3C/C(=N\O)[C@]12C. The number of ether oxygens (including phenoxy) is 1. The van der Waals surface area contributed by atoms with Crippen molar-refractivity contribution in [1.29, 1.82) is 0 Å². The Morgan fingerprint density at radius 3 is 2.48 bits per heavy atom.